The van der Waals surface area contributed by atoms with Crippen LogP contribution in [0.2, 0.25) is 0 Å². The Kier molecular flexibility index (Phi) is 3.45. The zero-order chi connectivity index (χ0) is 13.1. The summed E-state index contributed by atoms with van der Waals surface area (Å²) in [5, 5.41) is 2.68. The lowest BCUT2D eigenvalue weighted by Gasteiger charge is -2.13. The van der Waals surface area contributed by atoms with Gasteiger partial charge in [-0.15, -0.1) is 0 Å². The maximum atomic E-state index is 12.0. The van der Waals surface area contributed by atoms with E-state index in [-0.39, 0.29) is 24.5 Å². The largest absolute Gasteiger partial charge is 0.384 e. The number of amides is 3. The third-order valence-corrected chi connectivity index (χ3v) is 2.87. The number of nitrogens with two attached hydrogens (primary N) is 1. The van der Waals surface area contributed by atoms with Gasteiger partial charge in [-0.1, -0.05) is 13.3 Å². The molecule has 1 fully saturated rings. The van der Waals surface area contributed by atoms with Gasteiger partial charge < -0.3 is 11.1 Å². The van der Waals surface area contributed by atoms with Crippen molar-refractivity contribution in [3.8, 4) is 0 Å². The molecule has 3 amide bonds. The number of imide groups is 1. The molecule has 18 heavy (non-hydrogen) atoms. The minimum Gasteiger partial charge on any atom is -0.384 e. The van der Waals surface area contributed by atoms with E-state index in [4.69, 9.17) is 5.73 Å². The second kappa shape index (κ2) is 5.03. The summed E-state index contributed by atoms with van der Waals surface area (Å²) in [6.45, 7) is 2.21. The topological polar surface area (TPSA) is 88.3 Å². The molecule has 0 bridgehead atoms. The molecule has 0 radical (unpaired) electrons. The summed E-state index contributed by atoms with van der Waals surface area (Å²) < 4.78 is 0. The number of hydrogen-bond acceptors (Lipinski definition) is 4. The Hall–Kier alpha value is -2.11. The van der Waals surface area contributed by atoms with E-state index in [2.05, 4.69) is 10.3 Å². The van der Waals surface area contributed by atoms with E-state index in [1.54, 1.807) is 18.3 Å². The Bertz CT molecular complexity index is 475. The number of rotatable bonds is 4. The van der Waals surface area contributed by atoms with E-state index >= 15 is 0 Å². The van der Waals surface area contributed by atoms with Crippen LogP contribution in [0.1, 0.15) is 25.3 Å². The second-order valence-electron chi connectivity index (χ2n) is 4.30. The van der Waals surface area contributed by atoms with Crippen molar-refractivity contribution in [1.82, 2.24) is 15.2 Å². The Labute approximate surface area is 105 Å². The molecule has 1 aromatic rings. The van der Waals surface area contributed by atoms with Crippen LogP contribution in [0.15, 0.2) is 18.3 Å². The highest BCUT2D eigenvalue weighted by atomic mass is 16.2. The van der Waals surface area contributed by atoms with Crippen LogP contribution in [-0.4, -0.2) is 27.9 Å². The van der Waals surface area contributed by atoms with Crippen molar-refractivity contribution < 1.29 is 9.59 Å². The van der Waals surface area contributed by atoms with E-state index < -0.39 is 0 Å². The highest BCUT2D eigenvalue weighted by Gasteiger charge is 2.36. The zero-order valence-corrected chi connectivity index (χ0v) is 10.2. The lowest BCUT2D eigenvalue weighted by Crippen LogP contribution is -2.31. The molecule has 0 aliphatic carbocycles. The zero-order valence-electron chi connectivity index (χ0n) is 10.2. The maximum Gasteiger partial charge on any atom is 0.325 e. The number of nitrogens with one attached hydrogen (secondary N) is 1. The van der Waals surface area contributed by atoms with Gasteiger partial charge in [-0.2, -0.15) is 0 Å². The number of nitrogen functional groups attached to an aromatic ring is 1. The molecule has 0 spiro atoms. The average molecular weight is 248 g/mol. The van der Waals surface area contributed by atoms with Crippen molar-refractivity contribution in [1.29, 1.82) is 0 Å². The van der Waals surface area contributed by atoms with Gasteiger partial charge in [0.25, 0.3) is 5.91 Å². The molecule has 2 heterocycles. The summed E-state index contributed by atoms with van der Waals surface area (Å²) in [6.07, 6.45) is 3.08. The van der Waals surface area contributed by atoms with Crippen LogP contribution in [-0.2, 0) is 11.3 Å². The summed E-state index contributed by atoms with van der Waals surface area (Å²) in [6, 6.07) is 2.67. The van der Waals surface area contributed by atoms with E-state index in [1.807, 2.05) is 6.92 Å². The molecule has 96 valence electrons. The van der Waals surface area contributed by atoms with Crippen molar-refractivity contribution in [3.63, 3.8) is 0 Å². The van der Waals surface area contributed by atoms with Crippen molar-refractivity contribution >= 4 is 17.8 Å². The molecule has 1 aromatic heterocycles. The quantitative estimate of drug-likeness (QED) is 0.774. The molecule has 1 aliphatic rings. The lowest BCUT2D eigenvalue weighted by molar-refractivity contribution is -0.128. The highest BCUT2D eigenvalue weighted by molar-refractivity contribution is 6.04. The number of aromatic nitrogens is 1. The van der Waals surface area contributed by atoms with Gasteiger partial charge in [0.1, 0.15) is 11.9 Å². The fourth-order valence-corrected chi connectivity index (χ4v) is 1.99. The van der Waals surface area contributed by atoms with Crippen LogP contribution in [0, 0.1) is 0 Å². The summed E-state index contributed by atoms with van der Waals surface area (Å²) in [5.41, 5.74) is 6.36. The van der Waals surface area contributed by atoms with E-state index in [0.717, 1.165) is 12.0 Å². The Morgan fingerprint density at radius 2 is 2.28 bits per heavy atom. The van der Waals surface area contributed by atoms with Crippen molar-refractivity contribution in [2.75, 3.05) is 5.73 Å². The lowest BCUT2D eigenvalue weighted by atomic mass is 10.1. The number of anilines is 1. The monoisotopic (exact) mass is 248 g/mol. The standard InChI is InChI=1S/C12H16N4O2/c1-2-3-9-11(17)16(12(18)15-9)7-8-4-5-14-10(13)6-8/h4-6,9H,2-3,7H2,1H3,(H2,13,14)(H,15,18). The number of urea groups is 1. The number of pyridine rings is 1. The van der Waals surface area contributed by atoms with Gasteiger partial charge in [0.15, 0.2) is 0 Å². The Morgan fingerprint density at radius 3 is 2.94 bits per heavy atom. The van der Waals surface area contributed by atoms with Gasteiger partial charge >= 0.3 is 6.03 Å². The Balaban J connectivity index is 2.10. The van der Waals surface area contributed by atoms with Crippen molar-refractivity contribution in [3.05, 3.63) is 23.9 Å². The number of nitrogens with zero attached hydrogens (tertiary/aromatic N) is 2. The van der Waals surface area contributed by atoms with Gasteiger partial charge in [-0.3, -0.25) is 9.69 Å². The fraction of sp³-hybridized carbons (Fsp3) is 0.417. The van der Waals surface area contributed by atoms with Crippen LogP contribution >= 0.6 is 0 Å². The number of hydrogen-bond donors (Lipinski definition) is 2. The number of carbonyl (C=O) groups excluding carboxylic acids is 2. The number of carbonyl (C=O) groups is 2. The third kappa shape index (κ3) is 2.42. The minimum atomic E-state index is -0.387. The first-order valence-corrected chi connectivity index (χ1v) is 5.94. The van der Waals surface area contributed by atoms with E-state index in [0.29, 0.717) is 12.2 Å². The van der Waals surface area contributed by atoms with Crippen molar-refractivity contribution in [2.45, 2.75) is 32.4 Å². The molecule has 6 nitrogen and oxygen atoms in total. The Morgan fingerprint density at radius 1 is 1.50 bits per heavy atom. The minimum absolute atomic E-state index is 0.169. The van der Waals surface area contributed by atoms with Crippen LogP contribution in [0.25, 0.3) is 0 Å². The van der Waals surface area contributed by atoms with Crippen LogP contribution in [0.4, 0.5) is 10.6 Å². The summed E-state index contributed by atoms with van der Waals surface area (Å²) in [7, 11) is 0. The third-order valence-electron chi connectivity index (χ3n) is 2.87. The molecular formula is C12H16N4O2. The smallest absolute Gasteiger partial charge is 0.325 e. The first-order chi connectivity index (χ1) is 8.61. The summed E-state index contributed by atoms with van der Waals surface area (Å²) in [5.74, 6) is 0.210. The molecule has 6 heteroatoms. The molecule has 0 saturated carbocycles. The predicted octanol–water partition coefficient (Wildman–Crippen LogP) is 0.884. The van der Waals surface area contributed by atoms with Crippen molar-refractivity contribution in [2.24, 2.45) is 0 Å². The predicted molar refractivity (Wildman–Crippen MR) is 66.4 cm³/mol. The van der Waals surface area contributed by atoms with Crippen LogP contribution in [0.5, 0.6) is 0 Å². The molecule has 1 atom stereocenters. The van der Waals surface area contributed by atoms with Crippen LogP contribution in [0.3, 0.4) is 0 Å². The SMILES string of the molecule is CCCC1NC(=O)N(Cc2ccnc(N)c2)C1=O. The highest BCUT2D eigenvalue weighted by Crippen LogP contribution is 2.15. The summed E-state index contributed by atoms with van der Waals surface area (Å²) in [4.78, 5) is 28.8. The molecule has 3 N–H and O–H groups in total. The molecule has 2 rings (SSSR count). The first kappa shape index (κ1) is 12.3. The van der Waals surface area contributed by atoms with Gasteiger partial charge in [-0.25, -0.2) is 9.78 Å². The molecule has 0 aromatic carbocycles. The maximum absolute atomic E-state index is 12.0. The molecule has 1 unspecified atom stereocenters. The van der Waals surface area contributed by atoms with E-state index in [9.17, 15) is 9.59 Å². The van der Waals surface area contributed by atoms with Gasteiger partial charge in [0.05, 0.1) is 6.54 Å². The van der Waals surface area contributed by atoms with Gasteiger partial charge in [0.2, 0.25) is 0 Å². The molecular weight excluding hydrogens is 232 g/mol. The van der Waals surface area contributed by atoms with Gasteiger partial charge in [0, 0.05) is 6.20 Å². The average Bonchev–Trinajstić information content (AvgIpc) is 2.58. The fourth-order valence-electron chi connectivity index (χ4n) is 1.99. The molecule has 1 aliphatic heterocycles. The second-order valence-corrected chi connectivity index (χ2v) is 4.30. The van der Waals surface area contributed by atoms with Crippen LogP contribution < -0.4 is 11.1 Å². The summed E-state index contributed by atoms with van der Waals surface area (Å²) >= 11 is 0. The van der Waals surface area contributed by atoms with Gasteiger partial charge in [-0.05, 0) is 24.1 Å². The normalized spacial score (nSPS) is 19.2. The first-order valence-electron chi connectivity index (χ1n) is 5.94. The van der Waals surface area contributed by atoms with E-state index in [1.165, 1.54) is 4.90 Å². The molecule has 1 saturated heterocycles.